The Morgan fingerprint density at radius 1 is 0.759 bits per heavy atom. The SMILES string of the molecule is Cc1ccc(S(=O)(=O)OCCCCC2CCN(c3ccc(C(=O)c4c(-c5ccc(OC6CCCCO6)cc5)sc5cc(OC6CCCCO6)ccc45)cc3)CC2)cc1. The molecule has 9 nitrogen and oxygen atoms in total. The fourth-order valence-corrected chi connectivity index (χ4v) is 10.3. The van der Waals surface area contributed by atoms with Crippen molar-refractivity contribution in [1.82, 2.24) is 0 Å². The molecule has 4 heterocycles. The highest BCUT2D eigenvalue weighted by Gasteiger charge is 2.25. The van der Waals surface area contributed by atoms with E-state index in [9.17, 15) is 13.2 Å². The van der Waals surface area contributed by atoms with Gasteiger partial charge in [0.1, 0.15) is 11.5 Å². The molecule has 2 unspecified atom stereocenters. The number of ether oxygens (including phenoxy) is 4. The molecule has 8 rings (SSSR count). The predicted molar refractivity (Wildman–Crippen MR) is 229 cm³/mol. The van der Waals surface area contributed by atoms with E-state index in [4.69, 9.17) is 23.1 Å². The fraction of sp³-hybridized carbons (Fsp3) is 0.426. The minimum Gasteiger partial charge on any atom is -0.465 e. The van der Waals surface area contributed by atoms with Gasteiger partial charge >= 0.3 is 0 Å². The molecule has 3 aliphatic heterocycles. The number of aryl methyl sites for hydroxylation is 1. The summed E-state index contributed by atoms with van der Waals surface area (Å²) < 4.78 is 55.2. The van der Waals surface area contributed by atoms with E-state index in [1.54, 1.807) is 35.6 Å². The summed E-state index contributed by atoms with van der Waals surface area (Å²) >= 11 is 1.60. The number of anilines is 1. The molecule has 0 bridgehead atoms. The molecule has 11 heteroatoms. The summed E-state index contributed by atoms with van der Waals surface area (Å²) in [5.74, 6) is 2.08. The summed E-state index contributed by atoms with van der Waals surface area (Å²) in [5, 5.41) is 0.906. The Hall–Kier alpha value is -4.26. The van der Waals surface area contributed by atoms with Crippen molar-refractivity contribution in [3.05, 3.63) is 108 Å². The molecule has 0 aliphatic carbocycles. The monoisotopic (exact) mass is 823 g/mol. The second-order valence-corrected chi connectivity index (χ2v) is 18.4. The van der Waals surface area contributed by atoms with E-state index < -0.39 is 10.1 Å². The van der Waals surface area contributed by atoms with Crippen LogP contribution in [-0.2, 0) is 23.8 Å². The van der Waals surface area contributed by atoms with Gasteiger partial charge in [-0.05, 0) is 142 Å². The van der Waals surface area contributed by atoms with E-state index in [0.29, 0.717) is 30.1 Å². The summed E-state index contributed by atoms with van der Waals surface area (Å²) in [7, 11) is -3.72. The average Bonchev–Trinajstić information content (AvgIpc) is 3.63. The largest absolute Gasteiger partial charge is 0.465 e. The Bertz CT molecular complexity index is 2230. The Kier molecular flexibility index (Phi) is 13.1. The number of rotatable bonds is 15. The van der Waals surface area contributed by atoms with Crippen molar-refractivity contribution in [1.29, 1.82) is 0 Å². The van der Waals surface area contributed by atoms with Gasteiger partial charge in [-0.15, -0.1) is 11.3 Å². The Labute approximate surface area is 346 Å². The molecule has 0 saturated carbocycles. The van der Waals surface area contributed by atoms with Gasteiger partial charge in [0.25, 0.3) is 10.1 Å². The maximum Gasteiger partial charge on any atom is 0.296 e. The number of hydrogen-bond acceptors (Lipinski definition) is 10. The van der Waals surface area contributed by atoms with Gasteiger partial charge < -0.3 is 23.8 Å². The number of piperidine rings is 1. The van der Waals surface area contributed by atoms with Crippen molar-refractivity contribution in [2.75, 3.05) is 37.8 Å². The second-order valence-electron chi connectivity index (χ2n) is 15.7. The van der Waals surface area contributed by atoms with Gasteiger partial charge in [-0.1, -0.05) is 30.5 Å². The van der Waals surface area contributed by atoms with E-state index >= 15 is 0 Å². The first kappa shape index (κ1) is 40.5. The molecule has 3 fully saturated rings. The molecule has 0 spiro atoms. The summed E-state index contributed by atoms with van der Waals surface area (Å²) in [6, 6.07) is 28.8. The highest BCUT2D eigenvalue weighted by atomic mass is 32.2. The zero-order valence-corrected chi connectivity index (χ0v) is 34.9. The number of carbonyl (C=O) groups excluding carboxylic acids is 1. The highest BCUT2D eigenvalue weighted by Crippen LogP contribution is 2.42. The van der Waals surface area contributed by atoms with Gasteiger partial charge in [0.15, 0.2) is 18.4 Å². The summed E-state index contributed by atoms with van der Waals surface area (Å²) in [6.45, 7) is 5.44. The lowest BCUT2D eigenvalue weighted by molar-refractivity contribution is -0.106. The van der Waals surface area contributed by atoms with Crippen LogP contribution >= 0.6 is 11.3 Å². The molecule has 58 heavy (non-hydrogen) atoms. The zero-order chi connectivity index (χ0) is 39.9. The molecule has 0 amide bonds. The molecule has 0 radical (unpaired) electrons. The predicted octanol–water partition coefficient (Wildman–Crippen LogP) is 10.7. The topological polar surface area (TPSA) is 101 Å². The van der Waals surface area contributed by atoms with Crippen molar-refractivity contribution in [2.45, 2.75) is 95.0 Å². The average molecular weight is 824 g/mol. The standard InChI is InChI=1S/C47H53NO8S2/c1-33-11-22-40(23-12-33)58(50,51)54-31-7-2-8-34-25-27-48(28-26-34)37-17-13-35(14-18-37)46(49)45-41-24-21-39(56-44-10-4-6-30-53-44)32-42(41)57-47(45)36-15-19-38(20-16-36)55-43-9-3-5-29-52-43/h11-24,32,34,43-44H,2-10,25-31H2,1H3. The lowest BCUT2D eigenvalue weighted by Gasteiger charge is -2.33. The van der Waals surface area contributed by atoms with Crippen LogP contribution in [0.15, 0.2) is 95.9 Å². The van der Waals surface area contributed by atoms with Crippen LogP contribution in [0.4, 0.5) is 5.69 Å². The van der Waals surface area contributed by atoms with Crippen LogP contribution in [0.3, 0.4) is 0 Å². The highest BCUT2D eigenvalue weighted by molar-refractivity contribution is 7.86. The minimum atomic E-state index is -3.72. The zero-order valence-electron chi connectivity index (χ0n) is 33.2. The van der Waals surface area contributed by atoms with Crippen LogP contribution < -0.4 is 14.4 Å². The van der Waals surface area contributed by atoms with Crippen molar-refractivity contribution < 1.29 is 36.3 Å². The number of unbranched alkanes of at least 4 members (excludes halogenated alkanes) is 1. The molecule has 0 N–H and O–H groups in total. The van der Waals surface area contributed by atoms with Gasteiger partial charge in [-0.3, -0.25) is 8.98 Å². The Balaban J connectivity index is 0.909. The maximum atomic E-state index is 14.5. The van der Waals surface area contributed by atoms with E-state index in [-0.39, 0.29) is 29.9 Å². The second kappa shape index (κ2) is 18.8. The van der Waals surface area contributed by atoms with Crippen molar-refractivity contribution in [3.63, 3.8) is 0 Å². The molecule has 2 atom stereocenters. The Morgan fingerprint density at radius 3 is 2.07 bits per heavy atom. The van der Waals surface area contributed by atoms with Crippen molar-refractivity contribution in [2.24, 2.45) is 5.92 Å². The molecule has 5 aromatic rings. The number of hydrogen-bond donors (Lipinski definition) is 0. The van der Waals surface area contributed by atoms with Gasteiger partial charge in [-0.25, -0.2) is 0 Å². The van der Waals surface area contributed by atoms with E-state index in [2.05, 4.69) is 17.0 Å². The first-order valence-corrected chi connectivity index (χ1v) is 23.1. The van der Waals surface area contributed by atoms with Crippen LogP contribution in [-0.4, -0.2) is 59.7 Å². The number of carbonyl (C=O) groups is 1. The summed E-state index contributed by atoms with van der Waals surface area (Å²) in [6.07, 6.45) is 10.4. The molecule has 3 aliphatic rings. The molecular weight excluding hydrogens is 771 g/mol. The normalized spacial score (nSPS) is 19.3. The lowest BCUT2D eigenvalue weighted by Crippen LogP contribution is -2.33. The molecular formula is C47H53NO8S2. The smallest absolute Gasteiger partial charge is 0.296 e. The lowest BCUT2D eigenvalue weighted by atomic mass is 9.91. The van der Waals surface area contributed by atoms with Crippen LogP contribution in [0.2, 0.25) is 0 Å². The Morgan fingerprint density at radius 2 is 1.41 bits per heavy atom. The van der Waals surface area contributed by atoms with E-state index in [1.807, 2.05) is 61.5 Å². The van der Waals surface area contributed by atoms with Gasteiger partial charge in [0.05, 0.1) is 24.7 Å². The van der Waals surface area contributed by atoms with Crippen molar-refractivity contribution >= 4 is 43.0 Å². The number of nitrogens with zero attached hydrogens (tertiary/aromatic N) is 1. The fourth-order valence-electron chi connectivity index (χ4n) is 8.10. The van der Waals surface area contributed by atoms with Crippen LogP contribution in [0.5, 0.6) is 11.5 Å². The summed E-state index contributed by atoms with van der Waals surface area (Å²) in [5.41, 5.74) is 4.42. The number of thiophene rings is 1. The summed E-state index contributed by atoms with van der Waals surface area (Å²) in [4.78, 5) is 18.0. The molecule has 3 saturated heterocycles. The van der Waals surface area contributed by atoms with Crippen LogP contribution in [0, 0.1) is 12.8 Å². The van der Waals surface area contributed by atoms with Gasteiger partial charge in [0.2, 0.25) is 0 Å². The van der Waals surface area contributed by atoms with E-state index in [1.165, 1.54) is 0 Å². The third kappa shape index (κ3) is 9.94. The quantitative estimate of drug-likeness (QED) is 0.0580. The number of benzene rings is 4. The van der Waals surface area contributed by atoms with Crippen molar-refractivity contribution in [3.8, 4) is 21.9 Å². The third-order valence-electron chi connectivity index (χ3n) is 11.5. The first-order chi connectivity index (χ1) is 28.3. The number of ketones is 1. The molecule has 4 aromatic carbocycles. The maximum absolute atomic E-state index is 14.5. The molecule has 306 valence electrons. The first-order valence-electron chi connectivity index (χ1n) is 20.9. The van der Waals surface area contributed by atoms with Gasteiger partial charge in [0, 0.05) is 57.7 Å². The number of fused-ring (bicyclic) bond motifs is 1. The third-order valence-corrected chi connectivity index (χ3v) is 14.0. The molecule has 1 aromatic heterocycles. The van der Waals surface area contributed by atoms with Gasteiger partial charge in [-0.2, -0.15) is 8.42 Å². The minimum absolute atomic E-state index is 0.0117. The van der Waals surface area contributed by atoms with Crippen LogP contribution in [0.25, 0.3) is 20.5 Å². The van der Waals surface area contributed by atoms with E-state index in [0.717, 1.165) is 127 Å². The van der Waals surface area contributed by atoms with Crippen LogP contribution in [0.1, 0.15) is 92.1 Å².